The number of hydrogen-bond donors (Lipinski definition) is 1. The molecule has 3 rings (SSSR count). The van der Waals surface area contributed by atoms with E-state index in [-0.39, 0.29) is 11.4 Å². The molecule has 24 heavy (non-hydrogen) atoms. The van der Waals surface area contributed by atoms with Crippen LogP contribution in [-0.4, -0.2) is 17.6 Å². The first-order valence-electron chi connectivity index (χ1n) is 7.17. The van der Waals surface area contributed by atoms with Crippen molar-refractivity contribution in [3.63, 3.8) is 0 Å². The molecule has 0 spiro atoms. The van der Waals surface area contributed by atoms with E-state index in [1.165, 1.54) is 9.13 Å². The molecule has 0 saturated heterocycles. The lowest BCUT2D eigenvalue weighted by atomic mass is 10.2. The van der Waals surface area contributed by atoms with Gasteiger partial charge in [-0.15, -0.1) is 0 Å². The molecule has 0 fully saturated rings. The Kier molecular flexibility index (Phi) is 4.15. The Balaban J connectivity index is 1.89. The van der Waals surface area contributed by atoms with E-state index >= 15 is 0 Å². The third-order valence-electron chi connectivity index (χ3n) is 3.82. The van der Waals surface area contributed by atoms with Gasteiger partial charge in [0, 0.05) is 19.1 Å². The minimum Gasteiger partial charge on any atom is -0.295 e. The van der Waals surface area contributed by atoms with E-state index in [0.29, 0.717) is 21.8 Å². The third-order valence-corrected chi connectivity index (χ3v) is 5.33. The van der Waals surface area contributed by atoms with Gasteiger partial charge in [-0.3, -0.25) is 13.9 Å². The Morgan fingerprint density at radius 1 is 1.00 bits per heavy atom. The summed E-state index contributed by atoms with van der Waals surface area (Å²) in [6.07, 6.45) is 0. The first-order valence-corrected chi connectivity index (χ1v) is 9.20. The summed E-state index contributed by atoms with van der Waals surface area (Å²) in [6, 6.07) is 11.7. The molecular weight excluding hydrogens is 350 g/mol. The molecule has 3 aromatic rings. The van der Waals surface area contributed by atoms with Gasteiger partial charge in [0.15, 0.2) is 0 Å². The molecule has 0 aliphatic carbocycles. The summed E-state index contributed by atoms with van der Waals surface area (Å²) in [5.74, 6) is -0.157. The van der Waals surface area contributed by atoms with Crippen molar-refractivity contribution in [1.82, 2.24) is 9.13 Å². The molecule has 1 aromatic heterocycles. The number of sulfonamides is 1. The molecule has 1 N–H and O–H groups in total. The van der Waals surface area contributed by atoms with Gasteiger partial charge in [-0.1, -0.05) is 23.7 Å². The van der Waals surface area contributed by atoms with Crippen LogP contribution in [-0.2, 0) is 29.9 Å². The van der Waals surface area contributed by atoms with Crippen molar-refractivity contribution in [2.24, 2.45) is 14.1 Å². The second-order valence-electron chi connectivity index (χ2n) is 5.59. The van der Waals surface area contributed by atoms with E-state index in [0.717, 1.165) is 5.52 Å². The minimum absolute atomic E-state index is 0.157. The van der Waals surface area contributed by atoms with E-state index in [2.05, 4.69) is 4.72 Å². The molecule has 0 aliphatic rings. The van der Waals surface area contributed by atoms with Gasteiger partial charge in [0.1, 0.15) is 0 Å². The highest BCUT2D eigenvalue weighted by molar-refractivity contribution is 7.91. The van der Waals surface area contributed by atoms with Crippen LogP contribution in [0, 0.1) is 0 Å². The maximum Gasteiger partial charge on any atom is 0.328 e. The van der Waals surface area contributed by atoms with E-state index in [1.807, 2.05) is 0 Å². The van der Waals surface area contributed by atoms with E-state index in [4.69, 9.17) is 11.6 Å². The fourth-order valence-electron chi connectivity index (χ4n) is 2.59. The Labute approximate surface area is 144 Å². The van der Waals surface area contributed by atoms with Crippen LogP contribution in [0.3, 0.4) is 0 Å². The summed E-state index contributed by atoms with van der Waals surface area (Å²) in [5, 5.41) is 0.555. The quantitative estimate of drug-likeness (QED) is 0.771. The zero-order valence-electron chi connectivity index (χ0n) is 13.2. The van der Waals surface area contributed by atoms with Gasteiger partial charge in [-0.25, -0.2) is 13.2 Å². The van der Waals surface area contributed by atoms with Crippen molar-refractivity contribution in [1.29, 1.82) is 0 Å². The van der Waals surface area contributed by atoms with Crippen LogP contribution in [0.15, 0.2) is 47.3 Å². The molecule has 0 bridgehead atoms. The zero-order valence-corrected chi connectivity index (χ0v) is 14.7. The molecule has 0 amide bonds. The summed E-state index contributed by atoms with van der Waals surface area (Å²) in [4.78, 5) is 11.9. The first-order chi connectivity index (χ1) is 11.3. The van der Waals surface area contributed by atoms with Gasteiger partial charge < -0.3 is 0 Å². The van der Waals surface area contributed by atoms with Crippen LogP contribution in [0.25, 0.3) is 11.0 Å². The second-order valence-corrected chi connectivity index (χ2v) is 7.75. The number of hydrogen-bond acceptors (Lipinski definition) is 3. The predicted octanol–water partition coefficient (Wildman–Crippen LogP) is 2.47. The fraction of sp³-hybridized carbons (Fsp3) is 0.188. The summed E-state index contributed by atoms with van der Waals surface area (Å²) >= 11 is 5.80. The Hall–Kier alpha value is -2.25. The van der Waals surface area contributed by atoms with Crippen molar-refractivity contribution in [2.75, 3.05) is 4.72 Å². The standard InChI is InChI=1S/C16H16ClN3O3S/c1-19-14-8-7-13(9-15(14)20(2)16(19)21)18-24(22,23)10-11-3-5-12(17)6-4-11/h3-9,18H,10H2,1-2H3. The molecule has 126 valence electrons. The van der Waals surface area contributed by atoms with Crippen molar-refractivity contribution < 1.29 is 8.42 Å². The number of aryl methyl sites for hydroxylation is 2. The third kappa shape index (κ3) is 3.18. The van der Waals surface area contributed by atoms with Crippen molar-refractivity contribution in [3.05, 3.63) is 63.5 Å². The number of benzene rings is 2. The molecule has 0 atom stereocenters. The summed E-state index contributed by atoms with van der Waals surface area (Å²) < 4.78 is 30.2. The maximum absolute atomic E-state index is 12.3. The summed E-state index contributed by atoms with van der Waals surface area (Å²) in [5.41, 5.74) is 2.29. The van der Waals surface area contributed by atoms with Crippen molar-refractivity contribution in [2.45, 2.75) is 5.75 Å². The van der Waals surface area contributed by atoms with Crippen LogP contribution < -0.4 is 10.4 Å². The lowest BCUT2D eigenvalue weighted by molar-refractivity contribution is 0.600. The molecule has 8 heteroatoms. The fourth-order valence-corrected chi connectivity index (χ4v) is 3.90. The molecule has 2 aromatic carbocycles. The van der Waals surface area contributed by atoms with Crippen molar-refractivity contribution in [3.8, 4) is 0 Å². The average Bonchev–Trinajstić information content (AvgIpc) is 2.73. The summed E-state index contributed by atoms with van der Waals surface area (Å²) in [6.45, 7) is 0. The van der Waals surface area contributed by atoms with Gasteiger partial charge >= 0.3 is 5.69 Å². The average molecular weight is 366 g/mol. The number of rotatable bonds is 4. The van der Waals surface area contributed by atoms with E-state index in [1.54, 1.807) is 56.6 Å². The van der Waals surface area contributed by atoms with Gasteiger partial charge in [0.05, 0.1) is 22.5 Å². The van der Waals surface area contributed by atoms with E-state index < -0.39 is 10.0 Å². The molecule has 1 heterocycles. The minimum atomic E-state index is -3.57. The smallest absolute Gasteiger partial charge is 0.295 e. The van der Waals surface area contributed by atoms with Gasteiger partial charge in [-0.2, -0.15) is 0 Å². The largest absolute Gasteiger partial charge is 0.328 e. The maximum atomic E-state index is 12.3. The predicted molar refractivity (Wildman–Crippen MR) is 95.9 cm³/mol. The van der Waals surface area contributed by atoms with E-state index in [9.17, 15) is 13.2 Å². The van der Waals surface area contributed by atoms with Gasteiger partial charge in [0.25, 0.3) is 0 Å². The molecule has 0 unspecified atom stereocenters. The second kappa shape index (κ2) is 5.99. The highest BCUT2D eigenvalue weighted by Crippen LogP contribution is 2.20. The number of fused-ring (bicyclic) bond motifs is 1. The first kappa shape index (κ1) is 16.6. The molecule has 0 radical (unpaired) electrons. The molecule has 6 nitrogen and oxygen atoms in total. The number of nitrogens with one attached hydrogen (secondary N) is 1. The number of nitrogens with zero attached hydrogens (tertiary/aromatic N) is 2. The van der Waals surface area contributed by atoms with Crippen LogP contribution in [0.5, 0.6) is 0 Å². The molecular formula is C16H16ClN3O3S. The van der Waals surface area contributed by atoms with Crippen LogP contribution >= 0.6 is 11.6 Å². The number of anilines is 1. The van der Waals surface area contributed by atoms with Crippen molar-refractivity contribution >= 4 is 38.3 Å². The van der Waals surface area contributed by atoms with Crippen LogP contribution in [0.1, 0.15) is 5.56 Å². The lowest BCUT2D eigenvalue weighted by Crippen LogP contribution is -2.19. The van der Waals surface area contributed by atoms with Crippen LogP contribution in [0.2, 0.25) is 5.02 Å². The lowest BCUT2D eigenvalue weighted by Gasteiger charge is -2.09. The highest BCUT2D eigenvalue weighted by Gasteiger charge is 2.14. The number of imidazole rings is 1. The SMILES string of the molecule is Cn1c(=O)n(C)c2cc(NS(=O)(=O)Cc3ccc(Cl)cc3)ccc21. The molecule has 0 saturated carbocycles. The zero-order chi connectivity index (χ0) is 17.5. The highest BCUT2D eigenvalue weighted by atomic mass is 35.5. The number of aromatic nitrogens is 2. The van der Waals surface area contributed by atoms with Crippen LogP contribution in [0.4, 0.5) is 5.69 Å². The Morgan fingerprint density at radius 3 is 2.29 bits per heavy atom. The summed E-state index contributed by atoms with van der Waals surface area (Å²) in [7, 11) is -0.248. The monoisotopic (exact) mass is 365 g/mol. The molecule has 0 aliphatic heterocycles. The van der Waals surface area contributed by atoms with Gasteiger partial charge in [0.2, 0.25) is 10.0 Å². The normalized spacial score (nSPS) is 11.8. The Bertz CT molecular complexity index is 1070. The Morgan fingerprint density at radius 2 is 1.62 bits per heavy atom. The van der Waals surface area contributed by atoms with Gasteiger partial charge in [-0.05, 0) is 35.9 Å². The topological polar surface area (TPSA) is 73.1 Å². The number of halogens is 1.